The minimum atomic E-state index is -0.178. The summed E-state index contributed by atoms with van der Waals surface area (Å²) >= 11 is 0. The van der Waals surface area contributed by atoms with Crippen LogP contribution in [0.15, 0.2) is 127 Å². The maximum Gasteiger partial charge on any atom is 0.0523 e. The van der Waals surface area contributed by atoms with Crippen LogP contribution < -0.4 is 0 Å². The molecule has 0 aromatic heterocycles. The molecular formula is C31H26Si. The summed E-state index contributed by atoms with van der Waals surface area (Å²) in [6, 6.07) is 40.1. The van der Waals surface area contributed by atoms with Crippen LogP contribution in [0.25, 0.3) is 16.7 Å². The first-order valence-corrected chi connectivity index (χ1v) is 12.4. The quantitative estimate of drug-likeness (QED) is 0.325. The van der Waals surface area contributed by atoms with Crippen LogP contribution in [0.5, 0.6) is 0 Å². The lowest BCUT2D eigenvalue weighted by Gasteiger charge is -2.48. The fraction of sp³-hybridized carbons (Fsp3) is 0.0968. The van der Waals surface area contributed by atoms with E-state index in [4.69, 9.17) is 0 Å². The zero-order valence-corrected chi connectivity index (χ0v) is 20.3. The van der Waals surface area contributed by atoms with Crippen molar-refractivity contribution in [2.24, 2.45) is 0 Å². The highest BCUT2D eigenvalue weighted by atomic mass is 28.1. The molecule has 1 heteroatoms. The highest BCUT2D eigenvalue weighted by molar-refractivity contribution is 6.20. The largest absolute Gasteiger partial charge is 0.0796 e. The molecule has 0 saturated heterocycles. The molecule has 154 valence electrons. The van der Waals surface area contributed by atoms with Crippen molar-refractivity contribution in [2.75, 3.05) is 0 Å². The second-order valence-electron chi connectivity index (χ2n) is 9.19. The molecule has 0 radical (unpaired) electrons. The molecule has 4 aromatic rings. The van der Waals surface area contributed by atoms with Crippen molar-refractivity contribution in [2.45, 2.75) is 16.9 Å². The number of fused-ring (bicyclic) bond motifs is 3. The standard InChI is InChI=1S/C31H26Si/c32-30(21-19-24(20-22-30)23-11-3-1-4-12-23)31(25-13-5-2-6-14-25)28-17-9-7-15-26(28)27-16-8-10-18-29(27)31/h1-21H,22H2,32H3. The number of hydrogen-bond donors (Lipinski definition) is 0. The molecule has 0 nitrogen and oxygen atoms in total. The highest BCUT2D eigenvalue weighted by Gasteiger charge is 2.55. The molecule has 0 spiro atoms. The number of benzene rings is 4. The van der Waals surface area contributed by atoms with Crippen molar-refractivity contribution in [3.63, 3.8) is 0 Å². The first-order chi connectivity index (χ1) is 15.7. The van der Waals surface area contributed by atoms with Gasteiger partial charge in [0, 0.05) is 10.2 Å². The van der Waals surface area contributed by atoms with Gasteiger partial charge in [-0.15, -0.1) is 0 Å². The van der Waals surface area contributed by atoms with Crippen molar-refractivity contribution >= 4 is 15.8 Å². The SMILES string of the molecule is [SiH3]C1(C2(c3ccccc3)c3ccccc3-c3ccccc32)C=CC(c2ccccc2)=CC1. The van der Waals surface area contributed by atoms with E-state index in [-0.39, 0.29) is 10.5 Å². The van der Waals surface area contributed by atoms with Crippen molar-refractivity contribution in [1.82, 2.24) is 0 Å². The molecule has 0 fully saturated rings. The average Bonchev–Trinajstić information content (AvgIpc) is 3.18. The molecule has 4 aromatic carbocycles. The van der Waals surface area contributed by atoms with Gasteiger partial charge in [-0.3, -0.25) is 0 Å². The maximum atomic E-state index is 2.54. The van der Waals surface area contributed by atoms with Crippen molar-refractivity contribution in [1.29, 1.82) is 0 Å². The van der Waals surface area contributed by atoms with E-state index in [0.717, 1.165) is 16.7 Å². The second kappa shape index (κ2) is 7.32. The summed E-state index contributed by atoms with van der Waals surface area (Å²) in [7, 11) is 1.04. The van der Waals surface area contributed by atoms with Gasteiger partial charge in [-0.25, -0.2) is 0 Å². The summed E-state index contributed by atoms with van der Waals surface area (Å²) in [4.78, 5) is 0. The Hall–Kier alpha value is -3.42. The van der Waals surface area contributed by atoms with E-state index in [1.165, 1.54) is 39.0 Å². The molecule has 0 aliphatic heterocycles. The Balaban J connectivity index is 1.61. The fourth-order valence-electron chi connectivity index (χ4n) is 6.03. The molecule has 2 aliphatic carbocycles. The molecule has 0 bridgehead atoms. The van der Waals surface area contributed by atoms with Crippen molar-refractivity contribution in [3.8, 4) is 11.1 Å². The molecule has 6 rings (SSSR count). The van der Waals surface area contributed by atoms with Gasteiger partial charge in [0.25, 0.3) is 0 Å². The molecule has 0 heterocycles. The van der Waals surface area contributed by atoms with E-state index in [9.17, 15) is 0 Å². The third kappa shape index (κ3) is 2.61. The first-order valence-electron chi connectivity index (χ1n) is 11.4. The minimum Gasteiger partial charge on any atom is -0.0796 e. The fourth-order valence-corrected chi connectivity index (χ4v) is 7.23. The Bertz CT molecular complexity index is 1300. The maximum absolute atomic E-state index is 2.54. The summed E-state index contributed by atoms with van der Waals surface area (Å²) in [5.74, 6) is 0. The van der Waals surface area contributed by atoms with E-state index < -0.39 is 0 Å². The van der Waals surface area contributed by atoms with Gasteiger partial charge in [-0.05, 0) is 50.4 Å². The van der Waals surface area contributed by atoms with E-state index in [2.05, 4.69) is 127 Å². The Morgan fingerprint density at radius 1 is 0.594 bits per heavy atom. The smallest absolute Gasteiger partial charge is 0.0523 e. The first kappa shape index (κ1) is 19.3. The van der Waals surface area contributed by atoms with Crippen LogP contribution in [0, 0.1) is 0 Å². The number of hydrogen-bond acceptors (Lipinski definition) is 0. The summed E-state index contributed by atoms with van der Waals surface area (Å²) in [5.41, 5.74) is 9.51. The van der Waals surface area contributed by atoms with Crippen LogP contribution in [0.1, 0.15) is 28.7 Å². The normalized spacial score (nSPS) is 20.4. The Morgan fingerprint density at radius 2 is 1.12 bits per heavy atom. The topological polar surface area (TPSA) is 0 Å². The van der Waals surface area contributed by atoms with Crippen LogP contribution in [0.2, 0.25) is 5.04 Å². The minimum absolute atomic E-state index is 0.0370. The Labute approximate surface area is 193 Å². The van der Waals surface area contributed by atoms with Gasteiger partial charge in [0.15, 0.2) is 0 Å². The van der Waals surface area contributed by atoms with Gasteiger partial charge in [-0.1, -0.05) is 127 Å². The molecule has 32 heavy (non-hydrogen) atoms. The third-order valence-corrected chi connectivity index (χ3v) is 8.99. The van der Waals surface area contributed by atoms with Gasteiger partial charge in [0.2, 0.25) is 0 Å². The van der Waals surface area contributed by atoms with Gasteiger partial charge < -0.3 is 0 Å². The van der Waals surface area contributed by atoms with Crippen LogP contribution in [0.3, 0.4) is 0 Å². The van der Waals surface area contributed by atoms with E-state index in [1.807, 2.05) is 0 Å². The zero-order valence-electron chi connectivity index (χ0n) is 18.3. The lowest BCUT2D eigenvalue weighted by Crippen LogP contribution is -2.41. The van der Waals surface area contributed by atoms with Crippen molar-refractivity contribution in [3.05, 3.63) is 150 Å². The number of allylic oxidation sites excluding steroid dienone is 4. The second-order valence-corrected chi connectivity index (χ2v) is 11.0. The Morgan fingerprint density at radius 3 is 1.69 bits per heavy atom. The molecule has 1 unspecified atom stereocenters. The average molecular weight is 427 g/mol. The molecule has 0 amide bonds. The Kier molecular flexibility index (Phi) is 4.41. The van der Waals surface area contributed by atoms with E-state index >= 15 is 0 Å². The molecule has 1 atom stereocenters. The monoisotopic (exact) mass is 426 g/mol. The van der Waals surface area contributed by atoms with E-state index in [0.29, 0.717) is 0 Å². The van der Waals surface area contributed by atoms with Gasteiger partial charge in [0.05, 0.1) is 5.41 Å². The third-order valence-electron chi connectivity index (χ3n) is 7.50. The van der Waals surface area contributed by atoms with Gasteiger partial charge in [-0.2, -0.15) is 0 Å². The van der Waals surface area contributed by atoms with Crippen LogP contribution in [-0.2, 0) is 5.41 Å². The number of rotatable bonds is 3. The lowest BCUT2D eigenvalue weighted by atomic mass is 9.61. The summed E-state index contributed by atoms with van der Waals surface area (Å²) < 4.78 is 0. The van der Waals surface area contributed by atoms with Crippen LogP contribution >= 0.6 is 0 Å². The summed E-state index contributed by atoms with van der Waals surface area (Å²) in [6.45, 7) is 0. The summed E-state index contributed by atoms with van der Waals surface area (Å²) in [6.07, 6.45) is 8.42. The van der Waals surface area contributed by atoms with Gasteiger partial charge >= 0.3 is 0 Å². The summed E-state index contributed by atoms with van der Waals surface area (Å²) in [5, 5.41) is 0.0370. The zero-order chi connectivity index (χ0) is 21.6. The lowest BCUT2D eigenvalue weighted by molar-refractivity contribution is 0.480. The van der Waals surface area contributed by atoms with Crippen molar-refractivity contribution < 1.29 is 0 Å². The highest BCUT2D eigenvalue weighted by Crippen LogP contribution is 2.65. The van der Waals surface area contributed by atoms with Gasteiger partial charge in [0.1, 0.15) is 0 Å². The van der Waals surface area contributed by atoms with E-state index in [1.54, 1.807) is 0 Å². The van der Waals surface area contributed by atoms with Crippen LogP contribution in [-0.4, -0.2) is 10.2 Å². The molecular weight excluding hydrogens is 400 g/mol. The molecule has 0 N–H and O–H groups in total. The predicted molar refractivity (Wildman–Crippen MR) is 139 cm³/mol. The predicted octanol–water partition coefficient (Wildman–Crippen LogP) is 6.57. The van der Waals surface area contributed by atoms with Crippen LogP contribution in [0.4, 0.5) is 0 Å². The molecule has 2 aliphatic rings. The molecule has 0 saturated carbocycles.